The summed E-state index contributed by atoms with van der Waals surface area (Å²) in [4.78, 5) is 4.01. The number of aliphatic imine (C=N–C) groups is 1. The summed E-state index contributed by atoms with van der Waals surface area (Å²) in [5, 5.41) is 15.6. The lowest BCUT2D eigenvalue weighted by molar-refractivity contribution is 0.206. The molecule has 4 N–H and O–H groups in total. The zero-order chi connectivity index (χ0) is 19.3. The molecule has 0 saturated heterocycles. The standard InChI is InChI=1S/C16H19Cl2N3O3S2/c1-10(13-5-4-11(17)7-14(13)18)21-16(19)20-8-12(22)9-26(23,24)15-3-2-6-25-15/h2-7,10,12,22H,8-9H2,1H3,(H3,19,20,21). The van der Waals surface area contributed by atoms with E-state index >= 15 is 0 Å². The molecular weight excluding hydrogens is 417 g/mol. The minimum atomic E-state index is -3.53. The first kappa shape index (κ1) is 21.0. The number of nitrogens with two attached hydrogens (primary N) is 1. The van der Waals surface area contributed by atoms with Gasteiger partial charge in [0.2, 0.25) is 0 Å². The number of guanidine groups is 1. The van der Waals surface area contributed by atoms with Crippen molar-refractivity contribution < 1.29 is 13.5 Å². The van der Waals surface area contributed by atoms with E-state index in [-0.39, 0.29) is 22.8 Å². The van der Waals surface area contributed by atoms with Gasteiger partial charge in [-0.3, -0.25) is 4.99 Å². The Labute approximate surface area is 166 Å². The maximum absolute atomic E-state index is 12.1. The highest BCUT2D eigenvalue weighted by Crippen LogP contribution is 2.26. The molecule has 0 aliphatic heterocycles. The third-order valence-electron chi connectivity index (χ3n) is 3.48. The van der Waals surface area contributed by atoms with E-state index in [1.54, 1.807) is 29.6 Å². The first-order chi connectivity index (χ1) is 12.2. The Morgan fingerprint density at radius 2 is 2.12 bits per heavy atom. The predicted molar refractivity (Wildman–Crippen MR) is 107 cm³/mol. The Kier molecular flexibility index (Phi) is 7.31. The first-order valence-corrected chi connectivity index (χ1v) is 10.9. The summed E-state index contributed by atoms with van der Waals surface area (Å²) in [5.41, 5.74) is 6.60. The summed E-state index contributed by atoms with van der Waals surface area (Å²) in [6, 6.07) is 8.03. The van der Waals surface area contributed by atoms with Crippen molar-refractivity contribution in [3.63, 3.8) is 0 Å². The molecule has 0 aliphatic rings. The lowest BCUT2D eigenvalue weighted by Gasteiger charge is -2.17. The number of hydrogen-bond acceptors (Lipinski definition) is 5. The highest BCUT2D eigenvalue weighted by molar-refractivity contribution is 7.93. The van der Waals surface area contributed by atoms with E-state index in [9.17, 15) is 13.5 Å². The van der Waals surface area contributed by atoms with Crippen LogP contribution in [0.1, 0.15) is 18.5 Å². The molecule has 1 aromatic heterocycles. The van der Waals surface area contributed by atoms with Gasteiger partial charge in [0.1, 0.15) is 4.21 Å². The monoisotopic (exact) mass is 435 g/mol. The summed E-state index contributed by atoms with van der Waals surface area (Å²) in [6.45, 7) is 1.71. The van der Waals surface area contributed by atoms with E-state index in [1.807, 2.05) is 6.92 Å². The Morgan fingerprint density at radius 3 is 2.73 bits per heavy atom. The molecule has 142 valence electrons. The molecule has 2 aromatic rings. The smallest absolute Gasteiger partial charge is 0.190 e. The third kappa shape index (κ3) is 5.85. The Hall–Kier alpha value is -1.32. The normalized spacial score (nSPS) is 14.8. The van der Waals surface area contributed by atoms with Crippen molar-refractivity contribution in [2.45, 2.75) is 23.3 Å². The van der Waals surface area contributed by atoms with Crippen LogP contribution in [0.3, 0.4) is 0 Å². The topological polar surface area (TPSA) is 105 Å². The average Bonchev–Trinajstić information content (AvgIpc) is 3.07. The van der Waals surface area contributed by atoms with Gasteiger partial charge in [0.05, 0.1) is 24.4 Å². The van der Waals surface area contributed by atoms with E-state index in [0.717, 1.165) is 16.9 Å². The number of rotatable bonds is 7. The van der Waals surface area contributed by atoms with E-state index < -0.39 is 21.7 Å². The van der Waals surface area contributed by atoms with Crippen LogP contribution >= 0.6 is 34.5 Å². The first-order valence-electron chi connectivity index (χ1n) is 7.65. The number of thiophene rings is 1. The van der Waals surface area contributed by atoms with Gasteiger partial charge in [-0.1, -0.05) is 35.3 Å². The van der Waals surface area contributed by atoms with Gasteiger partial charge in [0, 0.05) is 10.0 Å². The SMILES string of the molecule is CC(NC(N)=NCC(O)CS(=O)(=O)c1cccs1)c1ccc(Cl)cc1Cl. The molecule has 1 heterocycles. The number of aliphatic hydroxyl groups is 1. The zero-order valence-corrected chi connectivity index (χ0v) is 17.0. The van der Waals surface area contributed by atoms with Crippen molar-refractivity contribution >= 4 is 50.3 Å². The quantitative estimate of drug-likeness (QED) is 0.457. The minimum Gasteiger partial charge on any atom is -0.390 e. The largest absolute Gasteiger partial charge is 0.390 e. The fourth-order valence-electron chi connectivity index (χ4n) is 2.23. The van der Waals surface area contributed by atoms with E-state index in [0.29, 0.717) is 10.0 Å². The Bertz CT molecular complexity index is 871. The van der Waals surface area contributed by atoms with Crippen LogP contribution in [0.2, 0.25) is 10.0 Å². The van der Waals surface area contributed by atoms with Crippen LogP contribution in [0, 0.1) is 0 Å². The van der Waals surface area contributed by atoms with Crippen LogP contribution in [-0.2, 0) is 9.84 Å². The van der Waals surface area contributed by atoms with Crippen molar-refractivity contribution in [2.24, 2.45) is 10.7 Å². The van der Waals surface area contributed by atoms with Crippen LogP contribution < -0.4 is 11.1 Å². The average molecular weight is 436 g/mol. The number of benzene rings is 1. The number of aliphatic hydroxyl groups excluding tert-OH is 1. The predicted octanol–water partition coefficient (Wildman–Crippen LogP) is 2.86. The van der Waals surface area contributed by atoms with E-state index in [2.05, 4.69) is 10.3 Å². The summed E-state index contributed by atoms with van der Waals surface area (Å²) >= 11 is 13.1. The molecule has 10 heteroatoms. The van der Waals surface area contributed by atoms with Crippen LogP contribution in [0.25, 0.3) is 0 Å². The molecule has 6 nitrogen and oxygen atoms in total. The summed E-state index contributed by atoms with van der Waals surface area (Å²) in [6.07, 6.45) is -1.16. The molecule has 0 amide bonds. The lowest BCUT2D eigenvalue weighted by atomic mass is 10.1. The second kappa shape index (κ2) is 9.05. The van der Waals surface area contributed by atoms with Gasteiger partial charge < -0.3 is 16.2 Å². The Balaban J connectivity index is 1.93. The molecular formula is C16H19Cl2N3O3S2. The van der Waals surface area contributed by atoms with Crippen LogP contribution in [-0.4, -0.2) is 37.9 Å². The Morgan fingerprint density at radius 1 is 1.38 bits per heavy atom. The van der Waals surface area contributed by atoms with Crippen LogP contribution in [0.4, 0.5) is 0 Å². The van der Waals surface area contributed by atoms with Gasteiger partial charge in [0.15, 0.2) is 15.8 Å². The summed E-state index contributed by atoms with van der Waals surface area (Å²) < 4.78 is 24.4. The van der Waals surface area contributed by atoms with Crippen molar-refractivity contribution in [2.75, 3.05) is 12.3 Å². The molecule has 2 atom stereocenters. The van der Waals surface area contributed by atoms with Crippen LogP contribution in [0.5, 0.6) is 0 Å². The highest BCUT2D eigenvalue weighted by atomic mass is 35.5. The molecule has 0 fully saturated rings. The van der Waals surface area contributed by atoms with Gasteiger partial charge in [-0.15, -0.1) is 11.3 Å². The molecule has 2 rings (SSSR count). The van der Waals surface area contributed by atoms with Crippen molar-refractivity contribution in [3.8, 4) is 0 Å². The van der Waals surface area contributed by atoms with Crippen LogP contribution in [0.15, 0.2) is 44.9 Å². The molecule has 2 unspecified atom stereocenters. The van der Waals surface area contributed by atoms with Gasteiger partial charge in [-0.2, -0.15) is 0 Å². The number of hydrogen-bond donors (Lipinski definition) is 3. The molecule has 1 aromatic carbocycles. The maximum atomic E-state index is 12.1. The molecule has 0 bridgehead atoms. The van der Waals surface area contributed by atoms with Gasteiger partial charge in [-0.05, 0) is 36.1 Å². The second-order valence-corrected chi connectivity index (χ2v) is 9.68. The summed E-state index contributed by atoms with van der Waals surface area (Å²) in [5.74, 6) is -0.334. The van der Waals surface area contributed by atoms with Gasteiger partial charge in [0.25, 0.3) is 0 Å². The number of halogens is 2. The molecule has 0 radical (unpaired) electrons. The molecule has 0 spiro atoms. The second-order valence-electron chi connectivity index (χ2n) is 5.63. The molecule has 26 heavy (non-hydrogen) atoms. The number of nitrogens with one attached hydrogen (secondary N) is 1. The fraction of sp³-hybridized carbons (Fsp3) is 0.312. The van der Waals surface area contributed by atoms with E-state index in [4.69, 9.17) is 28.9 Å². The number of nitrogens with zero attached hydrogens (tertiary/aromatic N) is 1. The minimum absolute atomic E-state index is 0.0797. The maximum Gasteiger partial charge on any atom is 0.190 e. The van der Waals surface area contributed by atoms with Gasteiger partial charge in [-0.25, -0.2) is 8.42 Å². The van der Waals surface area contributed by atoms with Crippen molar-refractivity contribution in [1.29, 1.82) is 0 Å². The van der Waals surface area contributed by atoms with E-state index in [1.165, 1.54) is 6.07 Å². The summed E-state index contributed by atoms with van der Waals surface area (Å²) in [7, 11) is -3.53. The van der Waals surface area contributed by atoms with Crippen molar-refractivity contribution in [1.82, 2.24) is 5.32 Å². The lowest BCUT2D eigenvalue weighted by Crippen LogP contribution is -2.35. The molecule has 0 saturated carbocycles. The molecule has 0 aliphatic carbocycles. The zero-order valence-electron chi connectivity index (χ0n) is 13.9. The van der Waals surface area contributed by atoms with Crippen molar-refractivity contribution in [3.05, 3.63) is 51.3 Å². The highest BCUT2D eigenvalue weighted by Gasteiger charge is 2.20. The fourth-order valence-corrected chi connectivity index (χ4v) is 5.27. The number of sulfone groups is 1. The third-order valence-corrected chi connectivity index (χ3v) is 7.33. The van der Waals surface area contributed by atoms with Gasteiger partial charge >= 0.3 is 0 Å².